The highest BCUT2D eigenvalue weighted by Gasteiger charge is 2.33. The van der Waals surface area contributed by atoms with Gasteiger partial charge in [0.15, 0.2) is 0 Å². The Balaban J connectivity index is 4.07. The lowest BCUT2D eigenvalue weighted by Crippen LogP contribution is -2.33. The van der Waals surface area contributed by atoms with Gasteiger partial charge < -0.3 is 0 Å². The van der Waals surface area contributed by atoms with E-state index in [-0.39, 0.29) is 0 Å². The minimum absolute atomic E-state index is 0.484. The Bertz CT molecular complexity index is 188. The van der Waals surface area contributed by atoms with Gasteiger partial charge in [0.1, 0.15) is 0 Å². The molecule has 1 unspecified atom stereocenters. The molecule has 18 heavy (non-hydrogen) atoms. The van der Waals surface area contributed by atoms with Gasteiger partial charge in [0.2, 0.25) is 0 Å². The highest BCUT2D eigenvalue weighted by molar-refractivity contribution is 4.83. The van der Waals surface area contributed by atoms with Crippen molar-refractivity contribution < 1.29 is 0 Å². The smallest absolute Gasteiger partial charge is 0.0300 e. The van der Waals surface area contributed by atoms with Crippen molar-refractivity contribution in [3.8, 4) is 0 Å². The topological polar surface area (TPSA) is 0 Å². The Labute approximate surface area is 117 Å². The Morgan fingerprint density at radius 1 is 0.778 bits per heavy atom. The van der Waals surface area contributed by atoms with Crippen LogP contribution < -0.4 is 0 Å². The maximum absolute atomic E-state index is 2.47. The fourth-order valence-electron chi connectivity index (χ4n) is 3.14. The molecule has 0 heterocycles. The second-order valence-electron chi connectivity index (χ2n) is 7.38. The maximum atomic E-state index is 2.47. The summed E-state index contributed by atoms with van der Waals surface area (Å²) in [6.45, 7) is 16.8. The third kappa shape index (κ3) is 6.25. The summed E-state index contributed by atoms with van der Waals surface area (Å²) in [5.41, 5.74) is 0.484. The van der Waals surface area contributed by atoms with Gasteiger partial charge in [-0.15, -0.1) is 0 Å². The zero-order chi connectivity index (χ0) is 14.2. The molecular weight excluding hydrogens is 216 g/mol. The van der Waals surface area contributed by atoms with Crippen LogP contribution in [-0.2, 0) is 0 Å². The molecule has 0 bridgehead atoms. The van der Waals surface area contributed by atoms with Gasteiger partial charge in [-0.2, -0.15) is 0 Å². The molecule has 0 heteroatoms. The predicted molar refractivity (Wildman–Crippen MR) is 84.9 cm³/mol. The fraction of sp³-hybridized carbons (Fsp3) is 1.00. The van der Waals surface area contributed by atoms with Gasteiger partial charge in [-0.3, -0.25) is 0 Å². The quantitative estimate of drug-likeness (QED) is 0.381. The van der Waals surface area contributed by atoms with E-state index >= 15 is 0 Å². The first kappa shape index (κ1) is 18.0. The summed E-state index contributed by atoms with van der Waals surface area (Å²) in [6.07, 6.45) is 9.96. The Morgan fingerprint density at radius 2 is 1.28 bits per heavy atom. The van der Waals surface area contributed by atoms with Crippen LogP contribution in [0.1, 0.15) is 93.4 Å². The molecule has 0 aromatic carbocycles. The summed E-state index contributed by atoms with van der Waals surface area (Å²) < 4.78 is 0. The molecule has 0 saturated carbocycles. The van der Waals surface area contributed by atoms with Crippen LogP contribution in [-0.4, -0.2) is 0 Å². The first-order chi connectivity index (χ1) is 8.34. The zero-order valence-electron chi connectivity index (χ0n) is 14.2. The van der Waals surface area contributed by atoms with E-state index < -0.39 is 0 Å². The van der Waals surface area contributed by atoms with Crippen molar-refractivity contribution in [3.05, 3.63) is 0 Å². The van der Waals surface area contributed by atoms with Crippen LogP contribution in [0.4, 0.5) is 0 Å². The minimum Gasteiger partial charge on any atom is -0.0654 e. The highest BCUT2D eigenvalue weighted by Crippen LogP contribution is 2.42. The summed E-state index contributed by atoms with van der Waals surface area (Å²) in [7, 11) is 0. The SMILES string of the molecule is CCCCCCCCC(C(C)C)C(C)(C)C(C)C. The van der Waals surface area contributed by atoms with E-state index in [1.165, 1.54) is 44.9 Å². The molecule has 0 aliphatic heterocycles. The summed E-state index contributed by atoms with van der Waals surface area (Å²) in [5.74, 6) is 2.48. The first-order valence-corrected chi connectivity index (χ1v) is 8.34. The summed E-state index contributed by atoms with van der Waals surface area (Å²) in [5, 5.41) is 0. The number of unbranched alkanes of at least 4 members (excludes halogenated alkanes) is 5. The third-order valence-corrected chi connectivity index (χ3v) is 5.12. The van der Waals surface area contributed by atoms with Crippen molar-refractivity contribution in [2.45, 2.75) is 93.4 Å². The monoisotopic (exact) mass is 254 g/mol. The van der Waals surface area contributed by atoms with Crippen LogP contribution >= 0.6 is 0 Å². The van der Waals surface area contributed by atoms with Crippen LogP contribution in [0, 0.1) is 23.2 Å². The van der Waals surface area contributed by atoms with Gasteiger partial charge in [0, 0.05) is 0 Å². The molecule has 0 aliphatic carbocycles. The lowest BCUT2D eigenvalue weighted by Gasteiger charge is -2.41. The fourth-order valence-corrected chi connectivity index (χ4v) is 3.14. The van der Waals surface area contributed by atoms with Gasteiger partial charge in [-0.05, 0) is 29.6 Å². The number of hydrogen-bond donors (Lipinski definition) is 0. The predicted octanol–water partition coefficient (Wildman–Crippen LogP) is 6.69. The molecule has 0 spiro atoms. The zero-order valence-corrected chi connectivity index (χ0v) is 14.2. The minimum atomic E-state index is 0.484. The van der Waals surface area contributed by atoms with E-state index in [9.17, 15) is 0 Å². The van der Waals surface area contributed by atoms with Crippen LogP contribution in [0.3, 0.4) is 0 Å². The van der Waals surface area contributed by atoms with Gasteiger partial charge in [0.25, 0.3) is 0 Å². The van der Waals surface area contributed by atoms with E-state index in [0.29, 0.717) is 5.41 Å². The molecule has 0 N–H and O–H groups in total. The van der Waals surface area contributed by atoms with Crippen molar-refractivity contribution >= 4 is 0 Å². The van der Waals surface area contributed by atoms with Gasteiger partial charge in [0.05, 0.1) is 0 Å². The molecule has 0 amide bonds. The lowest BCUT2D eigenvalue weighted by molar-refractivity contribution is 0.0870. The Hall–Kier alpha value is 0. The van der Waals surface area contributed by atoms with Crippen LogP contribution in [0.5, 0.6) is 0 Å². The standard InChI is InChI=1S/C18H38/c1-8-9-10-11-12-13-14-17(15(2)3)18(6,7)16(4)5/h15-17H,8-14H2,1-7H3. The van der Waals surface area contributed by atoms with Crippen molar-refractivity contribution in [2.24, 2.45) is 23.2 Å². The van der Waals surface area contributed by atoms with Gasteiger partial charge >= 0.3 is 0 Å². The maximum Gasteiger partial charge on any atom is -0.0300 e. The molecule has 0 aromatic rings. The van der Waals surface area contributed by atoms with E-state index in [2.05, 4.69) is 48.5 Å². The number of rotatable bonds is 10. The molecule has 0 saturated heterocycles. The van der Waals surface area contributed by atoms with Crippen molar-refractivity contribution in [2.75, 3.05) is 0 Å². The summed E-state index contributed by atoms with van der Waals surface area (Å²) in [4.78, 5) is 0. The highest BCUT2D eigenvalue weighted by atomic mass is 14.4. The largest absolute Gasteiger partial charge is 0.0654 e. The number of hydrogen-bond acceptors (Lipinski definition) is 0. The third-order valence-electron chi connectivity index (χ3n) is 5.12. The van der Waals surface area contributed by atoms with Crippen molar-refractivity contribution in [1.82, 2.24) is 0 Å². The molecule has 0 nitrogen and oxygen atoms in total. The van der Waals surface area contributed by atoms with E-state index in [0.717, 1.165) is 17.8 Å². The normalized spacial score (nSPS) is 14.5. The molecule has 110 valence electrons. The molecule has 1 atom stereocenters. The lowest BCUT2D eigenvalue weighted by atomic mass is 9.65. The summed E-state index contributed by atoms with van der Waals surface area (Å²) in [6, 6.07) is 0. The van der Waals surface area contributed by atoms with E-state index in [1.54, 1.807) is 0 Å². The van der Waals surface area contributed by atoms with Crippen LogP contribution in [0.2, 0.25) is 0 Å². The van der Waals surface area contributed by atoms with Crippen LogP contribution in [0.15, 0.2) is 0 Å². The first-order valence-electron chi connectivity index (χ1n) is 8.34. The molecule has 0 aliphatic rings. The van der Waals surface area contributed by atoms with Crippen LogP contribution in [0.25, 0.3) is 0 Å². The molecule has 0 rings (SSSR count). The second kappa shape index (κ2) is 8.99. The Kier molecular flexibility index (Phi) is 8.99. The second-order valence-corrected chi connectivity index (χ2v) is 7.38. The average Bonchev–Trinajstić information content (AvgIpc) is 2.26. The average molecular weight is 255 g/mol. The van der Waals surface area contributed by atoms with Crippen molar-refractivity contribution in [1.29, 1.82) is 0 Å². The molecule has 0 fully saturated rings. The Morgan fingerprint density at radius 3 is 1.72 bits per heavy atom. The molecule has 0 aromatic heterocycles. The van der Waals surface area contributed by atoms with E-state index in [4.69, 9.17) is 0 Å². The van der Waals surface area contributed by atoms with Gasteiger partial charge in [-0.25, -0.2) is 0 Å². The van der Waals surface area contributed by atoms with Gasteiger partial charge in [-0.1, -0.05) is 87.0 Å². The van der Waals surface area contributed by atoms with E-state index in [1.807, 2.05) is 0 Å². The molecular formula is C18H38. The summed E-state index contributed by atoms with van der Waals surface area (Å²) >= 11 is 0. The molecule has 0 radical (unpaired) electrons. The van der Waals surface area contributed by atoms with Crippen molar-refractivity contribution in [3.63, 3.8) is 0 Å².